The number of benzene rings is 10. The first-order valence-electron chi connectivity index (χ1n) is 41.9. The Hall–Kier alpha value is -11.1. The van der Waals surface area contributed by atoms with Crippen LogP contribution < -0.4 is 44.5 Å². The number of rotatable bonds is 5. The van der Waals surface area contributed by atoms with Gasteiger partial charge in [0.2, 0.25) is 17.5 Å². The predicted molar refractivity (Wildman–Crippen MR) is 478 cm³/mol. The zero-order valence-electron chi connectivity index (χ0n) is 73.3. The summed E-state index contributed by atoms with van der Waals surface area (Å²) < 4.78 is 24.9. The first-order chi connectivity index (χ1) is 57.3. The van der Waals surface area contributed by atoms with Crippen molar-refractivity contribution in [2.75, 3.05) is 46.9 Å². The van der Waals surface area contributed by atoms with E-state index in [1.807, 2.05) is 60.7 Å². The first kappa shape index (κ1) is 89.2. The zero-order valence-corrected chi connectivity index (χ0v) is 73.3. The third-order valence-electron chi connectivity index (χ3n) is 25.3. The molecule has 121 heavy (non-hydrogen) atoms. The van der Waals surface area contributed by atoms with Crippen molar-refractivity contribution in [2.24, 2.45) is 41.4 Å². The summed E-state index contributed by atoms with van der Waals surface area (Å²) in [4.78, 5) is 87.6. The number of hydrogen-bond donors (Lipinski definition) is 2. The molecule has 4 N–H and O–H groups in total. The summed E-state index contributed by atoms with van der Waals surface area (Å²) in [5.41, 5.74) is 26.2. The van der Waals surface area contributed by atoms with Crippen LogP contribution in [0.15, 0.2) is 194 Å². The van der Waals surface area contributed by atoms with Crippen molar-refractivity contribution in [2.45, 2.75) is 170 Å². The van der Waals surface area contributed by atoms with E-state index in [1.165, 1.54) is 100 Å². The number of fused-ring (bicyclic) bond motifs is 22. The van der Waals surface area contributed by atoms with Gasteiger partial charge in [0.25, 0.3) is 5.91 Å². The van der Waals surface area contributed by atoms with Gasteiger partial charge in [-0.1, -0.05) is 144 Å². The van der Waals surface area contributed by atoms with Crippen LogP contribution in [-0.2, 0) is 24.0 Å². The van der Waals surface area contributed by atoms with E-state index in [4.69, 9.17) is 55.2 Å². The van der Waals surface area contributed by atoms with Gasteiger partial charge in [-0.25, -0.2) is 30.1 Å². The molecule has 0 spiro atoms. The maximum atomic E-state index is 12.8. The van der Waals surface area contributed by atoms with Crippen molar-refractivity contribution in [1.29, 1.82) is 0 Å². The van der Waals surface area contributed by atoms with Gasteiger partial charge in [-0.2, -0.15) is 35.9 Å². The molecule has 12 aromatic rings. The maximum absolute atomic E-state index is 12.8. The van der Waals surface area contributed by atoms with Gasteiger partial charge in [-0.15, -0.1) is 0 Å². The number of methoxy groups -OCH3 is 1. The van der Waals surface area contributed by atoms with E-state index in [0.717, 1.165) is 119 Å². The largest absolute Gasteiger partial charge is 1.00 e. The number of nitrogens with zero attached hydrogens (tertiary/aromatic N) is 6. The minimum absolute atomic E-state index is 0. The van der Waals surface area contributed by atoms with Gasteiger partial charge in [0.15, 0.2) is 5.78 Å². The summed E-state index contributed by atoms with van der Waals surface area (Å²) in [7, 11) is 7.54. The topological polar surface area (TPSA) is 251 Å². The monoisotopic (exact) mass is 1620 g/mol. The van der Waals surface area contributed by atoms with Crippen LogP contribution >= 0.6 is 0 Å². The van der Waals surface area contributed by atoms with E-state index in [9.17, 15) is 24.0 Å². The van der Waals surface area contributed by atoms with E-state index >= 15 is 0 Å². The molecule has 5 heterocycles. The number of nitrogen functional groups attached to an aromatic ring is 2. The third-order valence-corrected chi connectivity index (χ3v) is 25.3. The summed E-state index contributed by atoms with van der Waals surface area (Å²) in [6.45, 7) is 25.4. The Morgan fingerprint density at radius 3 is 1.26 bits per heavy atom. The molecule has 20 heteroatoms. The fourth-order valence-electron chi connectivity index (χ4n) is 18.8. The summed E-state index contributed by atoms with van der Waals surface area (Å²) in [6.07, 6.45) is 10.6. The quantitative estimate of drug-likeness (QED) is 0.0237. The van der Waals surface area contributed by atoms with Crippen molar-refractivity contribution < 1.29 is 71.5 Å². The van der Waals surface area contributed by atoms with Crippen LogP contribution in [0.4, 0.5) is 11.4 Å². The number of Topliss-reactive ketones (excluding diaryl/α,β-unsaturated/α-hetero) is 3. The van der Waals surface area contributed by atoms with E-state index in [-0.39, 0.29) is 70.7 Å². The fraction of sp³-hybridized carbons (Fsp3) is 0.376. The number of ketones is 3. The molecule has 624 valence electrons. The Kier molecular flexibility index (Phi) is 27.6. The second-order valence-electron chi connectivity index (χ2n) is 34.7. The van der Waals surface area contributed by atoms with Gasteiger partial charge < -0.3 is 30.4 Å². The first-order valence-corrected chi connectivity index (χ1v) is 41.9. The van der Waals surface area contributed by atoms with E-state index < -0.39 is 0 Å². The number of aryl methyl sites for hydroxylation is 1. The molecule has 0 unspecified atom stereocenters. The van der Waals surface area contributed by atoms with Crippen molar-refractivity contribution in [3.8, 4) is 17.2 Å². The average Bonchev–Trinajstić information content (AvgIpc) is 0.735. The van der Waals surface area contributed by atoms with Gasteiger partial charge in [0, 0.05) is 99.3 Å². The number of ether oxygens (including phenoxy) is 4. The molecule has 9 atom stereocenters. The second kappa shape index (κ2) is 37.5. The van der Waals surface area contributed by atoms with E-state index in [2.05, 4.69) is 153 Å². The SMILES string of the molecule is CON(C)C(=O)c1ccc(N)c(N)c1.CON(C)C(C)=O.COc1ccc(C(C)=O)cc1.C[C@H]1CC[C@H]2[C@H](C1)C1=C(OC2(C)C)c2ccccc2C(=O)C1=O.C[C@H]1CC[C@H]2[C@H](C1)c1c(c3ccccc3c3nc4ccccc4nc13)OC2(C)C.C[C@H]1CC[C@H]2[C@H](C1)c1c(c3ccccc3c3nc4ccccc4nc13)OC2(C)C.Cc1cc[c-]cc1.[Li+]. The number of aromatic nitrogens is 4. The summed E-state index contributed by atoms with van der Waals surface area (Å²) in [5.74, 6) is 6.97. The van der Waals surface area contributed by atoms with Crippen LogP contribution in [0.5, 0.6) is 17.2 Å². The molecule has 19 nitrogen and oxygen atoms in total. The van der Waals surface area contributed by atoms with Crippen molar-refractivity contribution in [1.82, 2.24) is 30.1 Å². The molecule has 10 aromatic carbocycles. The second-order valence-corrected chi connectivity index (χ2v) is 34.7. The van der Waals surface area contributed by atoms with Gasteiger partial charge in [0.1, 0.15) is 39.8 Å². The number of hydrogen-bond acceptors (Lipinski definition) is 17. The number of para-hydroxylation sites is 4. The number of anilines is 2. The molecule has 3 saturated carbocycles. The van der Waals surface area contributed by atoms with Gasteiger partial charge in [0.05, 0.1) is 76.8 Å². The minimum Gasteiger partial charge on any atom is -0.497 e. The smallest absolute Gasteiger partial charge is 0.497 e. The Bertz CT molecular complexity index is 5670. The van der Waals surface area contributed by atoms with Crippen molar-refractivity contribution in [3.05, 3.63) is 239 Å². The van der Waals surface area contributed by atoms with Crippen LogP contribution in [0, 0.1) is 54.4 Å². The Labute approximate surface area is 722 Å². The number of hydroxylamine groups is 4. The third kappa shape index (κ3) is 18.9. The summed E-state index contributed by atoms with van der Waals surface area (Å²) >= 11 is 0. The Balaban J connectivity index is 0.000000137. The fourth-order valence-corrected chi connectivity index (χ4v) is 18.8. The van der Waals surface area contributed by atoms with Crippen LogP contribution in [0.1, 0.15) is 199 Å². The molecule has 2 aromatic heterocycles. The van der Waals surface area contributed by atoms with Crippen LogP contribution in [0.25, 0.3) is 71.4 Å². The molecule has 7 aliphatic rings. The Morgan fingerprint density at radius 1 is 0.463 bits per heavy atom. The molecule has 0 bridgehead atoms. The number of nitrogens with two attached hydrogens (primary N) is 2. The Morgan fingerprint density at radius 2 is 0.860 bits per heavy atom. The maximum Gasteiger partial charge on any atom is 1.00 e. The molecular weight excluding hydrogens is 1510 g/mol. The minimum atomic E-state index is -0.375. The summed E-state index contributed by atoms with van der Waals surface area (Å²) in [6, 6.07) is 63.4. The van der Waals surface area contributed by atoms with E-state index in [1.54, 1.807) is 69.6 Å². The predicted octanol–water partition coefficient (Wildman–Crippen LogP) is 18.5. The van der Waals surface area contributed by atoms with Crippen molar-refractivity contribution in [3.63, 3.8) is 0 Å². The molecule has 4 aliphatic carbocycles. The molecule has 3 fully saturated rings. The molecule has 0 radical (unpaired) electrons. The van der Waals surface area contributed by atoms with Crippen molar-refractivity contribution >= 4 is 112 Å². The molecule has 2 amide bonds. The van der Waals surface area contributed by atoms with Gasteiger partial charge >= 0.3 is 18.9 Å². The number of amides is 2. The molecule has 19 rings (SSSR count). The number of carbonyl (C=O) groups excluding carboxylic acids is 5. The number of allylic oxidation sites excluding steroid dienone is 1. The molecular formula is C101H113LiN8O11. The standard InChI is InChI=1S/2C26H26N2O.C20H22O3.C9H13N3O2.C9H10O2.C7H7.C4H9NO2.Li/c2*1-15-12-13-19-18(14-15)22-24-23(27-20-10-6-7-11-21(20)28-24)16-8-4-5-9-17(16)25(22)29-26(19,2)3;1-11-8-9-15-14(10-11)16-18(22)17(21)12-6-4-5-7-13(12)19(16)23-20(15,2)3;1-12(14-2)9(13)6-3-4-7(10)8(11)5-6;1-7(10)8-3-5-9(11-2)6-4-8;1-7-5-3-2-4-6-7;1-4(6)5(2)7-3;/h2*4-11,15,18-19H,12-14H2,1-3H3;4-7,11,14-15H,8-10H2,1-3H3;3-5H,10-11H2,1-2H3;3-6H,1-2H3;3-6H,1H3;1-3H3;/q;;;;;-1;;+1/t2*15-,18-,19-;11-,14-,15-;;;;;/m000...../s1. The van der Waals surface area contributed by atoms with Crippen LogP contribution in [0.2, 0.25) is 0 Å². The van der Waals surface area contributed by atoms with E-state index in [0.29, 0.717) is 74.9 Å². The zero-order chi connectivity index (χ0) is 85.8. The normalized spacial score (nSPS) is 21.3. The van der Waals surface area contributed by atoms with Gasteiger partial charge in [-0.05, 0) is 189 Å². The average molecular weight is 1620 g/mol. The molecule has 0 saturated heterocycles. The van der Waals surface area contributed by atoms with Crippen LogP contribution in [0.3, 0.4) is 0 Å². The van der Waals surface area contributed by atoms with Crippen LogP contribution in [-0.4, -0.2) is 111 Å². The molecule has 3 aliphatic heterocycles. The number of carbonyl (C=O) groups is 5. The van der Waals surface area contributed by atoms with Gasteiger partial charge in [-0.3, -0.25) is 33.6 Å². The summed E-state index contributed by atoms with van der Waals surface area (Å²) in [5, 5.41) is 6.88.